The lowest BCUT2D eigenvalue weighted by atomic mass is 9.90. The van der Waals surface area contributed by atoms with Gasteiger partial charge in [-0.1, -0.05) is 25.7 Å². The second kappa shape index (κ2) is 2.91. The minimum Gasteiger partial charge on any atom is -0.320 e. The third kappa shape index (κ3) is 1.47. The highest BCUT2D eigenvalue weighted by Crippen LogP contribution is 2.57. The zero-order valence-corrected chi connectivity index (χ0v) is 7.86. The van der Waals surface area contributed by atoms with Gasteiger partial charge in [0, 0.05) is 6.42 Å². The molecule has 0 spiro atoms. The molecule has 2 rings (SSSR count). The van der Waals surface area contributed by atoms with E-state index in [2.05, 4.69) is 0 Å². The topological polar surface area (TPSA) is 26.0 Å². The van der Waals surface area contributed by atoms with E-state index in [1.54, 1.807) is 0 Å². The molecule has 1 atom stereocenters. The number of hydrogen-bond donors (Lipinski definition) is 1. The maximum atomic E-state index is 13.0. The molecule has 2 aliphatic rings. The highest BCUT2D eigenvalue weighted by molar-refractivity contribution is 5.19. The quantitative estimate of drug-likeness (QED) is 0.630. The van der Waals surface area contributed by atoms with Gasteiger partial charge in [0.1, 0.15) is 0 Å². The summed E-state index contributed by atoms with van der Waals surface area (Å²) in [6, 6.07) is 0. The highest BCUT2D eigenvalue weighted by atomic mass is 19.3. The Bertz CT molecular complexity index is 197. The van der Waals surface area contributed by atoms with E-state index in [1.165, 1.54) is 12.8 Å². The Hall–Kier alpha value is -0.180. The molecule has 13 heavy (non-hydrogen) atoms. The molecule has 0 aliphatic heterocycles. The molecule has 0 aromatic carbocycles. The molecular weight excluding hydrogens is 172 g/mol. The third-order valence-corrected chi connectivity index (χ3v) is 3.65. The largest absolute Gasteiger partial charge is 0.320 e. The Morgan fingerprint density at radius 3 is 1.85 bits per heavy atom. The van der Waals surface area contributed by atoms with Crippen LogP contribution in [0.2, 0.25) is 0 Å². The van der Waals surface area contributed by atoms with Gasteiger partial charge in [-0.2, -0.15) is 0 Å². The molecule has 76 valence electrons. The lowest BCUT2D eigenvalue weighted by Gasteiger charge is -2.21. The van der Waals surface area contributed by atoms with Crippen LogP contribution in [0.3, 0.4) is 0 Å². The number of rotatable bonds is 1. The Morgan fingerprint density at radius 1 is 1.00 bits per heavy atom. The first-order chi connectivity index (χ1) is 6.06. The lowest BCUT2D eigenvalue weighted by Crippen LogP contribution is -2.38. The van der Waals surface area contributed by atoms with Crippen molar-refractivity contribution in [3.05, 3.63) is 0 Å². The summed E-state index contributed by atoms with van der Waals surface area (Å²) in [5, 5.41) is 0. The van der Waals surface area contributed by atoms with Crippen molar-refractivity contribution in [3.63, 3.8) is 0 Å². The third-order valence-electron chi connectivity index (χ3n) is 3.65. The zero-order chi connectivity index (χ0) is 9.53. The number of alkyl halides is 2. The van der Waals surface area contributed by atoms with Crippen LogP contribution in [0.15, 0.2) is 0 Å². The predicted molar refractivity (Wildman–Crippen MR) is 47.7 cm³/mol. The molecule has 0 heterocycles. The molecule has 0 aromatic heterocycles. The molecule has 2 fully saturated rings. The molecule has 0 radical (unpaired) electrons. The number of hydrogen-bond acceptors (Lipinski definition) is 1. The Morgan fingerprint density at radius 2 is 1.46 bits per heavy atom. The van der Waals surface area contributed by atoms with Crippen LogP contribution in [0.25, 0.3) is 0 Å². The molecular formula is C10H17F2N. The molecule has 2 saturated carbocycles. The van der Waals surface area contributed by atoms with Gasteiger partial charge in [-0.3, -0.25) is 0 Å². The molecule has 1 unspecified atom stereocenters. The SMILES string of the molecule is NC1(C2CCCCCC2)CC1(F)F. The number of nitrogens with two attached hydrogens (primary N) is 1. The van der Waals surface area contributed by atoms with Crippen LogP contribution in [0, 0.1) is 5.92 Å². The molecule has 2 aliphatic carbocycles. The van der Waals surface area contributed by atoms with Crippen LogP contribution in [0.4, 0.5) is 8.78 Å². The van der Waals surface area contributed by atoms with Crippen molar-refractivity contribution >= 4 is 0 Å². The summed E-state index contributed by atoms with van der Waals surface area (Å²) < 4.78 is 25.9. The van der Waals surface area contributed by atoms with E-state index in [9.17, 15) is 8.78 Å². The summed E-state index contributed by atoms with van der Waals surface area (Å²) in [5.41, 5.74) is 4.59. The molecule has 0 bridgehead atoms. The normalized spacial score (nSPS) is 39.9. The molecule has 1 nitrogen and oxygen atoms in total. The van der Waals surface area contributed by atoms with Crippen LogP contribution in [0.1, 0.15) is 44.9 Å². The Kier molecular flexibility index (Phi) is 2.10. The zero-order valence-electron chi connectivity index (χ0n) is 7.86. The summed E-state index contributed by atoms with van der Waals surface area (Å²) in [7, 11) is 0. The van der Waals surface area contributed by atoms with E-state index < -0.39 is 11.5 Å². The van der Waals surface area contributed by atoms with Gasteiger partial charge in [0.2, 0.25) is 0 Å². The van der Waals surface area contributed by atoms with Gasteiger partial charge in [-0.05, 0) is 18.8 Å². The Balaban J connectivity index is 2.00. The van der Waals surface area contributed by atoms with Crippen LogP contribution < -0.4 is 5.73 Å². The molecule has 0 amide bonds. The summed E-state index contributed by atoms with van der Waals surface area (Å²) in [5.74, 6) is -2.49. The van der Waals surface area contributed by atoms with Crippen molar-refractivity contribution in [1.29, 1.82) is 0 Å². The van der Waals surface area contributed by atoms with Crippen LogP contribution in [0.5, 0.6) is 0 Å². The maximum Gasteiger partial charge on any atom is 0.268 e. The second-order valence-electron chi connectivity index (χ2n) is 4.61. The van der Waals surface area contributed by atoms with E-state index in [1.807, 2.05) is 0 Å². The smallest absolute Gasteiger partial charge is 0.268 e. The molecule has 0 saturated heterocycles. The maximum absolute atomic E-state index is 13.0. The average Bonchev–Trinajstić information content (AvgIpc) is 2.66. The van der Waals surface area contributed by atoms with Crippen molar-refractivity contribution in [1.82, 2.24) is 0 Å². The van der Waals surface area contributed by atoms with Gasteiger partial charge in [0.05, 0.1) is 5.54 Å². The second-order valence-corrected chi connectivity index (χ2v) is 4.61. The summed E-state index contributed by atoms with van der Waals surface area (Å²) in [6.45, 7) is 0. The van der Waals surface area contributed by atoms with E-state index in [4.69, 9.17) is 5.73 Å². The van der Waals surface area contributed by atoms with Gasteiger partial charge in [0.25, 0.3) is 5.92 Å². The van der Waals surface area contributed by atoms with Gasteiger partial charge in [0.15, 0.2) is 0 Å². The first-order valence-electron chi connectivity index (χ1n) is 5.23. The predicted octanol–water partition coefficient (Wildman–Crippen LogP) is 2.69. The fourth-order valence-corrected chi connectivity index (χ4v) is 2.56. The molecule has 2 N–H and O–H groups in total. The summed E-state index contributed by atoms with van der Waals surface area (Å²) in [6.07, 6.45) is 6.29. The first-order valence-corrected chi connectivity index (χ1v) is 5.23. The van der Waals surface area contributed by atoms with E-state index in [0.717, 1.165) is 25.7 Å². The van der Waals surface area contributed by atoms with Gasteiger partial charge < -0.3 is 5.73 Å². The molecule has 3 heteroatoms. The monoisotopic (exact) mass is 189 g/mol. The Labute approximate surface area is 77.7 Å². The van der Waals surface area contributed by atoms with E-state index in [-0.39, 0.29) is 12.3 Å². The molecule has 0 aromatic rings. The lowest BCUT2D eigenvalue weighted by molar-refractivity contribution is 0.0693. The fourth-order valence-electron chi connectivity index (χ4n) is 2.56. The van der Waals surface area contributed by atoms with Crippen molar-refractivity contribution in [3.8, 4) is 0 Å². The number of halogens is 2. The van der Waals surface area contributed by atoms with Crippen molar-refractivity contribution in [2.24, 2.45) is 11.7 Å². The van der Waals surface area contributed by atoms with Gasteiger partial charge in [-0.15, -0.1) is 0 Å². The van der Waals surface area contributed by atoms with E-state index in [0.29, 0.717) is 0 Å². The highest BCUT2D eigenvalue weighted by Gasteiger charge is 2.71. The standard InChI is InChI=1S/C10H17F2N/c11-10(12)7-9(10,13)8-5-3-1-2-4-6-8/h8H,1-7,13H2. The van der Waals surface area contributed by atoms with Crippen LogP contribution >= 0.6 is 0 Å². The van der Waals surface area contributed by atoms with Crippen molar-refractivity contribution in [2.45, 2.75) is 56.4 Å². The minimum atomic E-state index is -2.57. The van der Waals surface area contributed by atoms with Crippen LogP contribution in [-0.2, 0) is 0 Å². The summed E-state index contributed by atoms with van der Waals surface area (Å²) in [4.78, 5) is 0. The van der Waals surface area contributed by atoms with Gasteiger partial charge >= 0.3 is 0 Å². The van der Waals surface area contributed by atoms with Gasteiger partial charge in [-0.25, -0.2) is 8.78 Å². The van der Waals surface area contributed by atoms with Crippen LogP contribution in [-0.4, -0.2) is 11.5 Å². The first kappa shape index (κ1) is 9.38. The van der Waals surface area contributed by atoms with Crippen molar-refractivity contribution in [2.75, 3.05) is 0 Å². The van der Waals surface area contributed by atoms with Crippen molar-refractivity contribution < 1.29 is 8.78 Å². The van der Waals surface area contributed by atoms with E-state index >= 15 is 0 Å². The minimum absolute atomic E-state index is 0.0741. The fraction of sp³-hybridized carbons (Fsp3) is 1.00. The average molecular weight is 189 g/mol. The summed E-state index contributed by atoms with van der Waals surface area (Å²) >= 11 is 0.